The van der Waals surface area contributed by atoms with Gasteiger partial charge in [0, 0.05) is 20.0 Å². The van der Waals surface area contributed by atoms with E-state index in [-0.39, 0.29) is 23.9 Å². The average molecular weight is 273 g/mol. The normalized spacial score (nSPS) is 24.9. The summed E-state index contributed by atoms with van der Waals surface area (Å²) in [6.07, 6.45) is 7.48. The quantitative estimate of drug-likeness (QED) is 0.727. The topological polar surface area (TPSA) is 53.5 Å². The molecular weight excluding hydrogens is 254 g/mol. The third kappa shape index (κ3) is 1.88. The Kier molecular flexibility index (Phi) is 3.20. The van der Waals surface area contributed by atoms with Crippen molar-refractivity contribution in [2.45, 2.75) is 51.6 Å². The van der Waals surface area contributed by atoms with E-state index >= 15 is 0 Å². The lowest BCUT2D eigenvalue weighted by Gasteiger charge is -2.49. The number of anilines is 2. The van der Waals surface area contributed by atoms with E-state index in [9.17, 15) is 9.59 Å². The summed E-state index contributed by atoms with van der Waals surface area (Å²) in [6.45, 7) is 3.19. The smallest absolute Gasteiger partial charge is 0.224 e. The second-order valence-corrected chi connectivity index (χ2v) is 5.56. The first-order chi connectivity index (χ1) is 9.61. The number of rotatable bonds is 0. The van der Waals surface area contributed by atoms with Crippen molar-refractivity contribution in [2.75, 3.05) is 9.80 Å². The molecule has 3 rings (SSSR count). The lowest BCUT2D eigenvalue weighted by Crippen LogP contribution is -2.60. The highest BCUT2D eigenvalue weighted by atomic mass is 16.2. The minimum Gasteiger partial charge on any atom is -0.305 e. The van der Waals surface area contributed by atoms with Gasteiger partial charge in [-0.1, -0.05) is 12.8 Å². The predicted octanol–water partition coefficient (Wildman–Crippen LogP) is 2.11. The zero-order valence-electron chi connectivity index (χ0n) is 11.9. The van der Waals surface area contributed by atoms with Crippen LogP contribution in [0, 0.1) is 0 Å². The molecule has 1 unspecified atom stereocenters. The summed E-state index contributed by atoms with van der Waals surface area (Å²) in [6, 6.07) is 2.01. The van der Waals surface area contributed by atoms with E-state index in [1.807, 2.05) is 15.9 Å². The van der Waals surface area contributed by atoms with Crippen molar-refractivity contribution in [3.8, 4) is 0 Å². The van der Waals surface area contributed by atoms with Crippen molar-refractivity contribution in [3.05, 3.63) is 18.5 Å². The van der Waals surface area contributed by atoms with Crippen molar-refractivity contribution in [3.63, 3.8) is 0 Å². The summed E-state index contributed by atoms with van der Waals surface area (Å²) in [4.78, 5) is 32.0. The molecule has 2 aliphatic rings. The van der Waals surface area contributed by atoms with Gasteiger partial charge < -0.3 is 9.80 Å². The van der Waals surface area contributed by atoms with Crippen LogP contribution in [0.4, 0.5) is 11.4 Å². The van der Waals surface area contributed by atoms with Crippen molar-refractivity contribution >= 4 is 23.2 Å². The number of hydrogen-bond acceptors (Lipinski definition) is 3. The van der Waals surface area contributed by atoms with Gasteiger partial charge in [-0.3, -0.25) is 14.6 Å². The maximum atomic E-state index is 12.1. The molecule has 0 bridgehead atoms. The van der Waals surface area contributed by atoms with Crippen LogP contribution >= 0.6 is 0 Å². The highest BCUT2D eigenvalue weighted by Crippen LogP contribution is 2.42. The zero-order chi connectivity index (χ0) is 14.3. The standard InChI is InChI=1S/C15H19N3O2/c1-10(19)17-12-5-3-4-6-13(12)18(11(2)20)15-9-16-8-7-14(15)17/h7-9,12-13H,3-6H2,1-2H3/t12-,13?/m0/s1. The molecule has 5 nitrogen and oxygen atoms in total. The van der Waals surface area contributed by atoms with Crippen LogP contribution in [0.3, 0.4) is 0 Å². The van der Waals surface area contributed by atoms with Crippen molar-refractivity contribution in [1.82, 2.24) is 4.98 Å². The third-order valence-corrected chi connectivity index (χ3v) is 4.33. The summed E-state index contributed by atoms with van der Waals surface area (Å²) in [5.41, 5.74) is 1.57. The van der Waals surface area contributed by atoms with Crippen molar-refractivity contribution < 1.29 is 9.59 Å². The van der Waals surface area contributed by atoms with Crippen LogP contribution in [-0.4, -0.2) is 28.9 Å². The first-order valence-corrected chi connectivity index (χ1v) is 7.15. The number of amides is 2. The predicted molar refractivity (Wildman–Crippen MR) is 76.6 cm³/mol. The number of hydrogen-bond donors (Lipinski definition) is 0. The lowest BCUT2D eigenvalue weighted by atomic mass is 9.85. The molecule has 0 aromatic carbocycles. The molecule has 1 aliphatic carbocycles. The van der Waals surface area contributed by atoms with Gasteiger partial charge in [0.05, 0.1) is 29.7 Å². The van der Waals surface area contributed by atoms with Crippen LogP contribution < -0.4 is 9.80 Å². The van der Waals surface area contributed by atoms with Crippen LogP contribution in [0.15, 0.2) is 18.5 Å². The minimum atomic E-state index is 0.0272. The number of carbonyl (C=O) groups excluding carboxylic acids is 2. The molecule has 1 aliphatic heterocycles. The first kappa shape index (κ1) is 13.1. The molecule has 106 valence electrons. The molecule has 2 amide bonds. The maximum Gasteiger partial charge on any atom is 0.224 e. The minimum absolute atomic E-state index is 0.0272. The highest BCUT2D eigenvalue weighted by Gasteiger charge is 2.43. The number of nitrogens with zero attached hydrogens (tertiary/aromatic N) is 3. The molecule has 1 aromatic heterocycles. The van der Waals surface area contributed by atoms with Gasteiger partial charge in [-0.15, -0.1) is 0 Å². The second-order valence-electron chi connectivity index (χ2n) is 5.56. The fourth-order valence-corrected chi connectivity index (χ4v) is 3.63. The highest BCUT2D eigenvalue weighted by molar-refractivity contribution is 6.03. The third-order valence-electron chi connectivity index (χ3n) is 4.33. The number of aromatic nitrogens is 1. The van der Waals surface area contributed by atoms with Gasteiger partial charge in [-0.2, -0.15) is 0 Å². The Balaban J connectivity index is 2.17. The van der Waals surface area contributed by atoms with Crippen LogP contribution in [0.25, 0.3) is 0 Å². The van der Waals surface area contributed by atoms with Crippen LogP contribution in [0.5, 0.6) is 0 Å². The monoisotopic (exact) mass is 273 g/mol. The molecule has 2 atom stereocenters. The molecule has 5 heteroatoms. The molecule has 0 saturated heterocycles. The molecule has 1 fully saturated rings. The van der Waals surface area contributed by atoms with Crippen LogP contribution in [-0.2, 0) is 9.59 Å². The molecule has 1 aromatic rings. The van der Waals surface area contributed by atoms with E-state index in [1.165, 1.54) is 0 Å². The average Bonchev–Trinajstić information content (AvgIpc) is 2.43. The van der Waals surface area contributed by atoms with Gasteiger partial charge >= 0.3 is 0 Å². The Morgan fingerprint density at radius 3 is 2.15 bits per heavy atom. The summed E-state index contributed by atoms with van der Waals surface area (Å²) >= 11 is 0. The Labute approximate surface area is 118 Å². The number of carbonyl (C=O) groups is 2. The van der Waals surface area contributed by atoms with Gasteiger partial charge in [-0.25, -0.2) is 0 Å². The fourth-order valence-electron chi connectivity index (χ4n) is 3.63. The van der Waals surface area contributed by atoms with Gasteiger partial charge in [0.15, 0.2) is 0 Å². The van der Waals surface area contributed by atoms with Crippen molar-refractivity contribution in [1.29, 1.82) is 0 Å². The SMILES string of the molecule is CC(=O)N1c2cnccc2N(C(C)=O)[C@H]2CCCCC21. The fraction of sp³-hybridized carbons (Fsp3) is 0.533. The van der Waals surface area contributed by atoms with Gasteiger partial charge in [-0.05, 0) is 18.9 Å². The number of pyridine rings is 1. The molecule has 2 heterocycles. The lowest BCUT2D eigenvalue weighted by molar-refractivity contribution is -0.119. The van der Waals surface area contributed by atoms with Crippen LogP contribution in [0.2, 0.25) is 0 Å². The van der Waals surface area contributed by atoms with Crippen LogP contribution in [0.1, 0.15) is 39.5 Å². The Morgan fingerprint density at radius 1 is 1.05 bits per heavy atom. The van der Waals surface area contributed by atoms with E-state index in [0.717, 1.165) is 37.1 Å². The van der Waals surface area contributed by atoms with Gasteiger partial charge in [0.2, 0.25) is 11.8 Å². The van der Waals surface area contributed by atoms with E-state index < -0.39 is 0 Å². The van der Waals surface area contributed by atoms with Gasteiger partial charge in [0.25, 0.3) is 0 Å². The van der Waals surface area contributed by atoms with E-state index in [2.05, 4.69) is 4.98 Å². The largest absolute Gasteiger partial charge is 0.305 e. The Hall–Kier alpha value is -1.91. The summed E-state index contributed by atoms with van der Waals surface area (Å²) < 4.78 is 0. The van der Waals surface area contributed by atoms with E-state index in [1.54, 1.807) is 26.2 Å². The first-order valence-electron chi connectivity index (χ1n) is 7.15. The van der Waals surface area contributed by atoms with Gasteiger partial charge in [0.1, 0.15) is 0 Å². The van der Waals surface area contributed by atoms with E-state index in [4.69, 9.17) is 0 Å². The van der Waals surface area contributed by atoms with Crippen molar-refractivity contribution in [2.24, 2.45) is 0 Å². The Morgan fingerprint density at radius 2 is 1.60 bits per heavy atom. The number of fused-ring (bicyclic) bond motifs is 2. The molecule has 0 N–H and O–H groups in total. The summed E-state index contributed by atoms with van der Waals surface area (Å²) in [5.74, 6) is 0.0666. The van der Waals surface area contributed by atoms with E-state index in [0.29, 0.717) is 0 Å². The summed E-state index contributed by atoms with van der Waals surface area (Å²) in [5, 5.41) is 0. The Bertz CT molecular complexity index is 509. The molecule has 0 radical (unpaired) electrons. The molecular formula is C15H19N3O2. The second kappa shape index (κ2) is 4.89. The molecule has 20 heavy (non-hydrogen) atoms. The zero-order valence-corrected chi connectivity index (χ0v) is 11.9. The molecule has 0 spiro atoms. The maximum absolute atomic E-state index is 12.1. The molecule has 1 saturated carbocycles. The summed E-state index contributed by atoms with van der Waals surface area (Å²) in [7, 11) is 0.